The van der Waals surface area contributed by atoms with Crippen molar-refractivity contribution in [2.45, 2.75) is 0 Å². The third-order valence-corrected chi connectivity index (χ3v) is 0.610. The van der Waals surface area contributed by atoms with Gasteiger partial charge >= 0.3 is 59.1 Å². The topological polar surface area (TPSA) is 121 Å². The molecule has 0 spiro atoms. The molecule has 0 saturated carbocycles. The zero-order valence-electron chi connectivity index (χ0n) is 13.7. The van der Waals surface area contributed by atoms with Gasteiger partial charge in [0.25, 0.3) is 8.25 Å². The zero-order valence-corrected chi connectivity index (χ0v) is 18.6. The molecule has 0 heterocycles. The Balaban J connectivity index is -0.0000000177. The molecule has 0 aromatic carbocycles. The third-order valence-electron chi connectivity index (χ3n) is 0.610. The average Bonchev–Trinajstić information content (AvgIpc) is 2.47. The largest absolute Gasteiger partial charge is 1.00 e. The summed E-state index contributed by atoms with van der Waals surface area (Å²) in [5.41, 5.74) is 5.13. The molecule has 0 amide bonds. The average molecular weight is 341 g/mol. The Bertz CT molecular complexity index is 134. The maximum atomic E-state index is 8.48. The summed E-state index contributed by atoms with van der Waals surface area (Å²) in [5, 5.41) is 11.1. The van der Waals surface area contributed by atoms with Crippen molar-refractivity contribution >= 4 is 8.25 Å². The normalized spacial score (nSPS) is 5.14. The smallest absolute Gasteiger partial charge is 0.598 e. The van der Waals surface area contributed by atoms with Gasteiger partial charge < -0.3 is 25.9 Å². The molecule has 9 heteroatoms. The number of rotatable bonds is 4. The predicted octanol–water partition coefficient (Wildman–Crippen LogP) is -5.89. The van der Waals surface area contributed by atoms with E-state index in [2.05, 4.69) is 57.9 Å². The fourth-order valence-corrected chi connectivity index (χ4v) is 0.306. The molecule has 0 unspecified atom stereocenters. The van der Waals surface area contributed by atoms with Gasteiger partial charge in [0.1, 0.15) is 0 Å². The van der Waals surface area contributed by atoms with E-state index in [4.69, 9.17) is 25.2 Å². The van der Waals surface area contributed by atoms with E-state index in [1.54, 1.807) is 0 Å². The second-order valence-corrected chi connectivity index (χ2v) is 1.93. The summed E-state index contributed by atoms with van der Waals surface area (Å²) in [6, 6.07) is 0. The van der Waals surface area contributed by atoms with E-state index in [1.807, 2.05) is 0 Å². The second-order valence-electron chi connectivity index (χ2n) is 1.49. The Morgan fingerprint density at radius 2 is 1.14 bits per heavy atom. The van der Waals surface area contributed by atoms with Crippen LogP contribution in [0.5, 0.6) is 0 Å². The van der Waals surface area contributed by atoms with Crippen LogP contribution in [0.1, 0.15) is 0 Å². The van der Waals surface area contributed by atoms with Crippen LogP contribution in [0.3, 0.4) is 0 Å². The van der Waals surface area contributed by atoms with Crippen LogP contribution in [0.25, 0.3) is 0 Å². The first-order chi connectivity index (χ1) is 9.15. The van der Waals surface area contributed by atoms with Crippen molar-refractivity contribution in [1.29, 1.82) is 0 Å². The van der Waals surface area contributed by atoms with Crippen LogP contribution in [-0.2, 0) is 4.57 Å². The SMILES string of the molecule is C=C.C=C.C=C.C=C.NCCNCCO.O=[P+]([O-])[O-].[Na+].[Na+]. The van der Waals surface area contributed by atoms with Crippen LogP contribution in [0.2, 0.25) is 0 Å². The van der Waals surface area contributed by atoms with Crippen LogP contribution < -0.4 is 80.0 Å². The van der Waals surface area contributed by atoms with Gasteiger partial charge in [0.05, 0.1) is 6.61 Å². The van der Waals surface area contributed by atoms with Gasteiger partial charge in [0.15, 0.2) is 0 Å². The zero-order chi connectivity index (χ0) is 17.1. The van der Waals surface area contributed by atoms with Gasteiger partial charge in [-0.15, -0.1) is 52.6 Å². The van der Waals surface area contributed by atoms with E-state index in [9.17, 15) is 0 Å². The minimum absolute atomic E-state index is 0. The van der Waals surface area contributed by atoms with Crippen LogP contribution >= 0.6 is 8.25 Å². The first-order valence-corrected chi connectivity index (χ1v) is 6.07. The summed E-state index contributed by atoms with van der Waals surface area (Å²) < 4.78 is 8.48. The molecular formula is C12H28N2Na2O4P+. The van der Waals surface area contributed by atoms with Crippen molar-refractivity contribution in [3.63, 3.8) is 0 Å². The van der Waals surface area contributed by atoms with Gasteiger partial charge in [-0.25, -0.2) is 0 Å². The molecule has 0 aliphatic carbocycles. The summed E-state index contributed by atoms with van der Waals surface area (Å²) >= 11 is 0. The van der Waals surface area contributed by atoms with E-state index in [-0.39, 0.29) is 65.7 Å². The minimum Gasteiger partial charge on any atom is -0.598 e. The van der Waals surface area contributed by atoms with E-state index in [1.165, 1.54) is 0 Å². The van der Waals surface area contributed by atoms with Crippen molar-refractivity contribution in [3.05, 3.63) is 52.6 Å². The third kappa shape index (κ3) is 314. The monoisotopic (exact) mass is 341 g/mol. The number of nitrogens with one attached hydrogen (secondary N) is 1. The van der Waals surface area contributed by atoms with Gasteiger partial charge in [-0.3, -0.25) is 0 Å². The number of hydrogen-bond acceptors (Lipinski definition) is 6. The summed E-state index contributed by atoms with van der Waals surface area (Å²) in [6.07, 6.45) is 0. The maximum Gasteiger partial charge on any atom is 1.00 e. The van der Waals surface area contributed by atoms with Gasteiger partial charge in [0, 0.05) is 19.6 Å². The van der Waals surface area contributed by atoms with Gasteiger partial charge in [-0.2, -0.15) is 0 Å². The number of aliphatic hydroxyl groups is 1. The van der Waals surface area contributed by atoms with Crippen LogP contribution in [-0.4, -0.2) is 31.3 Å². The number of aliphatic hydroxyl groups excluding tert-OH is 1. The van der Waals surface area contributed by atoms with Crippen molar-refractivity contribution in [3.8, 4) is 0 Å². The summed E-state index contributed by atoms with van der Waals surface area (Å²) in [7, 11) is -3.37. The molecule has 21 heavy (non-hydrogen) atoms. The second kappa shape index (κ2) is 105. The molecule has 0 atom stereocenters. The Labute approximate surface area is 175 Å². The summed E-state index contributed by atoms with van der Waals surface area (Å²) in [5.74, 6) is 0. The molecular weight excluding hydrogens is 313 g/mol. The molecule has 0 aliphatic heterocycles. The van der Waals surface area contributed by atoms with E-state index in [0.29, 0.717) is 13.1 Å². The van der Waals surface area contributed by atoms with Crippen molar-refractivity contribution < 1.29 is 78.6 Å². The van der Waals surface area contributed by atoms with Crippen LogP contribution in [0.15, 0.2) is 52.6 Å². The molecule has 4 N–H and O–H groups in total. The molecule has 0 fully saturated rings. The minimum atomic E-state index is -3.37. The molecule has 0 aromatic rings. The molecule has 0 saturated heterocycles. The fraction of sp³-hybridized carbons (Fsp3) is 0.333. The van der Waals surface area contributed by atoms with Crippen LogP contribution in [0, 0.1) is 0 Å². The van der Waals surface area contributed by atoms with E-state index in [0.717, 1.165) is 6.54 Å². The predicted molar refractivity (Wildman–Crippen MR) is 81.6 cm³/mol. The number of nitrogens with two attached hydrogens (primary N) is 1. The first kappa shape index (κ1) is 49.5. The van der Waals surface area contributed by atoms with Crippen molar-refractivity contribution in [2.24, 2.45) is 5.73 Å². The Hall–Kier alpha value is 0.860. The van der Waals surface area contributed by atoms with Crippen molar-refractivity contribution in [2.75, 3.05) is 26.2 Å². The Morgan fingerprint density at radius 1 is 0.905 bits per heavy atom. The molecule has 0 bridgehead atoms. The molecule has 116 valence electrons. The Morgan fingerprint density at radius 3 is 1.29 bits per heavy atom. The van der Waals surface area contributed by atoms with Gasteiger partial charge in [-0.1, -0.05) is 4.57 Å². The molecule has 0 radical (unpaired) electrons. The quantitative estimate of drug-likeness (QED) is 0.203. The summed E-state index contributed by atoms with van der Waals surface area (Å²) in [4.78, 5) is 17.0. The van der Waals surface area contributed by atoms with Crippen molar-refractivity contribution in [1.82, 2.24) is 5.32 Å². The number of hydrogen-bond donors (Lipinski definition) is 3. The van der Waals surface area contributed by atoms with E-state index < -0.39 is 8.25 Å². The molecule has 6 nitrogen and oxygen atoms in total. The van der Waals surface area contributed by atoms with Gasteiger partial charge in [-0.05, 0) is 0 Å². The Kier molecular flexibility index (Phi) is 247. The summed E-state index contributed by atoms with van der Waals surface area (Å²) in [6.45, 7) is 26.3. The van der Waals surface area contributed by atoms with Gasteiger partial charge in [0.2, 0.25) is 0 Å². The molecule has 0 aromatic heterocycles. The molecule has 0 aliphatic rings. The van der Waals surface area contributed by atoms with E-state index >= 15 is 0 Å². The van der Waals surface area contributed by atoms with Crippen LogP contribution in [0.4, 0.5) is 0 Å². The molecule has 0 rings (SSSR count). The maximum absolute atomic E-state index is 8.48. The first-order valence-electron chi connectivity index (χ1n) is 4.98. The standard InChI is InChI=1S/C4H12N2O.4C2H4.2Na.HO3P/c5-1-2-6-3-4-7;4*1-2;;;1-4(2)3/h6-7H,1-5H2;4*1-2H2;;;(H,1,2,3)/q;;;;;2*+1;/p-1. The fourth-order valence-electron chi connectivity index (χ4n) is 0.306.